The van der Waals surface area contributed by atoms with Crippen LogP contribution in [0, 0.1) is 27.7 Å². The van der Waals surface area contributed by atoms with Crippen molar-refractivity contribution in [3.8, 4) is 11.3 Å². The van der Waals surface area contributed by atoms with Gasteiger partial charge in [-0.3, -0.25) is 0 Å². The van der Waals surface area contributed by atoms with Gasteiger partial charge in [0.1, 0.15) is 7.05 Å². The molecular weight excluding hydrogens is 254 g/mol. The lowest BCUT2D eigenvalue weighted by atomic mass is 9.94. The second-order valence-corrected chi connectivity index (χ2v) is 5.92. The van der Waals surface area contributed by atoms with E-state index in [1.54, 1.807) is 0 Å². The lowest BCUT2D eigenvalue weighted by Gasteiger charge is -2.12. The molecule has 106 valence electrons. The summed E-state index contributed by atoms with van der Waals surface area (Å²) < 4.78 is 10.6. The molecule has 0 bridgehead atoms. The number of aromatic nitrogens is 1. The highest BCUT2D eigenvalue weighted by Gasteiger charge is 2.20. The Kier molecular flexibility index (Phi) is 2.99. The Labute approximate surface area is 128 Å². The van der Waals surface area contributed by atoms with E-state index < -0.39 is 0 Å². The number of benzene rings is 2. The van der Waals surface area contributed by atoms with Gasteiger partial charge in [0.25, 0.3) is 0 Å². The molecule has 0 aliphatic heterocycles. The van der Waals surface area contributed by atoms with Gasteiger partial charge in [0.15, 0.2) is 5.69 Å². The van der Waals surface area contributed by atoms with Crippen molar-refractivity contribution in [2.45, 2.75) is 27.7 Å². The van der Waals surface area contributed by atoms with E-state index in [0.717, 1.165) is 16.5 Å². The van der Waals surface area contributed by atoms with Gasteiger partial charge in [-0.15, -0.1) is 0 Å². The van der Waals surface area contributed by atoms with E-state index in [-0.39, 0.29) is 0 Å². The lowest BCUT2D eigenvalue weighted by molar-refractivity contribution is -0.665. The van der Waals surface area contributed by atoms with Crippen LogP contribution < -0.4 is 4.57 Å². The molecule has 0 atom stereocenters. The molecule has 3 rings (SSSR count). The minimum absolute atomic E-state index is 0.615. The largest absolute Gasteiger partial charge is 0.220 e. The van der Waals surface area contributed by atoms with Crippen LogP contribution in [-0.4, -0.2) is 0 Å². The van der Waals surface area contributed by atoms with Crippen LogP contribution in [0.2, 0.25) is 0 Å². The predicted octanol–water partition coefficient (Wildman–Crippen LogP) is 4.56. The third-order valence-corrected chi connectivity index (χ3v) is 4.40. The molecule has 0 spiro atoms. The number of pyridine rings is 1. The molecular formula is C20H22N+. The number of nitrogens with zero attached hydrogens (tertiary/aromatic N) is 1. The molecule has 1 aromatic heterocycles. The summed E-state index contributed by atoms with van der Waals surface area (Å²) in [5.41, 5.74) is 7.35. The van der Waals surface area contributed by atoms with Crippen molar-refractivity contribution in [3.05, 3.63) is 64.8 Å². The van der Waals surface area contributed by atoms with Gasteiger partial charge in [0, 0.05) is 13.0 Å². The minimum atomic E-state index is 0.615. The van der Waals surface area contributed by atoms with Crippen molar-refractivity contribution in [2.24, 2.45) is 7.05 Å². The highest BCUT2D eigenvalue weighted by molar-refractivity contribution is 5.94. The highest BCUT2D eigenvalue weighted by atomic mass is 14.9. The molecule has 21 heavy (non-hydrogen) atoms. The molecule has 1 nitrogen and oxygen atoms in total. The monoisotopic (exact) mass is 277 g/mol. The fourth-order valence-electron chi connectivity index (χ4n) is 3.04. The van der Waals surface area contributed by atoms with Gasteiger partial charge in [0.05, 0.1) is 12.3 Å². The van der Waals surface area contributed by atoms with Crippen LogP contribution in [0.4, 0.5) is 0 Å². The minimum Gasteiger partial charge on any atom is -0.198 e. The number of fused-ring (bicyclic) bond motifs is 1. The molecule has 1 heteroatoms. The first-order valence-corrected chi connectivity index (χ1v) is 7.38. The predicted molar refractivity (Wildman–Crippen MR) is 89.5 cm³/mol. The molecule has 0 saturated carbocycles. The zero-order valence-corrected chi connectivity index (χ0v) is 13.4. The van der Waals surface area contributed by atoms with Crippen molar-refractivity contribution < 1.29 is 5.94 Å². The second-order valence-electron chi connectivity index (χ2n) is 5.92. The first kappa shape index (κ1) is 12.6. The van der Waals surface area contributed by atoms with Gasteiger partial charge in [0.2, 0.25) is 5.69 Å². The molecule has 0 N–H and O–H groups in total. The van der Waals surface area contributed by atoms with Gasteiger partial charge >= 0.3 is 0 Å². The van der Waals surface area contributed by atoms with Gasteiger partial charge in [-0.1, -0.05) is 29.8 Å². The summed E-state index contributed by atoms with van der Waals surface area (Å²) in [6.07, 6.45) is 0. The molecule has 0 saturated heterocycles. The van der Waals surface area contributed by atoms with Gasteiger partial charge in [-0.05, 0) is 49.4 Å². The Morgan fingerprint density at radius 2 is 1.71 bits per heavy atom. The average Bonchev–Trinajstić information content (AvgIpc) is 2.50. The molecule has 1 heterocycles. The summed E-state index contributed by atoms with van der Waals surface area (Å²) in [6.45, 7) is 8.52. The molecule has 0 aliphatic rings. The van der Waals surface area contributed by atoms with Crippen LogP contribution in [0.15, 0.2) is 42.4 Å². The number of rotatable bonds is 1. The second kappa shape index (κ2) is 5.00. The van der Waals surface area contributed by atoms with E-state index in [0.29, 0.717) is 6.04 Å². The van der Waals surface area contributed by atoms with E-state index in [4.69, 9.17) is 1.37 Å². The maximum Gasteiger partial charge on any atom is 0.220 e. The average molecular weight is 277 g/mol. The Bertz CT molecular complexity index is 894. The first-order valence-electron chi connectivity index (χ1n) is 7.88. The molecule has 2 aromatic carbocycles. The summed E-state index contributed by atoms with van der Waals surface area (Å²) in [7, 11) is 2.06. The van der Waals surface area contributed by atoms with E-state index in [2.05, 4.69) is 56.7 Å². The third-order valence-electron chi connectivity index (χ3n) is 4.40. The lowest BCUT2D eigenvalue weighted by Crippen LogP contribution is -2.35. The molecule has 0 unspecified atom stereocenters. The van der Waals surface area contributed by atoms with Crippen molar-refractivity contribution >= 4 is 10.8 Å². The fourth-order valence-corrected chi connectivity index (χ4v) is 3.04. The first-order chi connectivity index (χ1) is 10.4. The molecule has 3 aromatic rings. The van der Waals surface area contributed by atoms with E-state index in [1.807, 2.05) is 19.1 Å². The normalized spacial score (nSPS) is 11.8. The quantitative estimate of drug-likeness (QED) is 0.574. The Morgan fingerprint density at radius 1 is 1.00 bits per heavy atom. The van der Waals surface area contributed by atoms with Crippen LogP contribution in [0.5, 0.6) is 0 Å². The number of aryl methyl sites for hydroxylation is 2. The summed E-state index contributed by atoms with van der Waals surface area (Å²) >= 11 is 0. The smallest absolute Gasteiger partial charge is 0.198 e. The van der Waals surface area contributed by atoms with E-state index in [9.17, 15) is 0 Å². The fraction of sp³-hybridized carbons (Fsp3) is 0.250. The number of hydrogen-bond donors (Lipinski definition) is 0. The summed E-state index contributed by atoms with van der Waals surface area (Å²) in [5, 5.41) is 2.17. The van der Waals surface area contributed by atoms with Crippen LogP contribution in [0.1, 0.15) is 23.8 Å². The van der Waals surface area contributed by atoms with E-state index in [1.165, 1.54) is 27.9 Å². The van der Waals surface area contributed by atoms with E-state index >= 15 is 0 Å². The highest BCUT2D eigenvalue weighted by Crippen LogP contribution is 2.30. The standard InChI is InChI=1S/C20H22N/c1-13-10-14(2)16(4)19(11-13)20-18-9-7-6-8-17(18)12-15(3)21(20)5/h6-12H,1-5H3/q+1/i12D. The Morgan fingerprint density at radius 3 is 2.48 bits per heavy atom. The maximum atomic E-state index is 8.41. The van der Waals surface area contributed by atoms with Crippen LogP contribution in [-0.2, 0) is 7.05 Å². The SMILES string of the molecule is [2H]c1c(C)[n+](C)c(-c2cc(C)cc(C)c2C)c2ccccc12. The van der Waals surface area contributed by atoms with Crippen LogP contribution in [0.25, 0.3) is 22.0 Å². The van der Waals surface area contributed by atoms with Gasteiger partial charge in [-0.25, -0.2) is 0 Å². The zero-order valence-electron chi connectivity index (χ0n) is 14.4. The molecule has 0 radical (unpaired) electrons. The summed E-state index contributed by atoms with van der Waals surface area (Å²) in [5.74, 6) is 0. The Hall–Kier alpha value is -2.15. The molecule has 0 fully saturated rings. The van der Waals surface area contributed by atoms with Gasteiger partial charge in [-0.2, -0.15) is 4.57 Å². The summed E-state index contributed by atoms with van der Waals surface area (Å²) in [6, 6.07) is 13.3. The number of hydrogen-bond acceptors (Lipinski definition) is 0. The van der Waals surface area contributed by atoms with Gasteiger partial charge < -0.3 is 0 Å². The third kappa shape index (κ3) is 2.23. The Balaban J connectivity index is 2.52. The maximum absolute atomic E-state index is 8.41. The molecule has 0 aliphatic carbocycles. The van der Waals surface area contributed by atoms with Crippen molar-refractivity contribution in [2.75, 3.05) is 0 Å². The zero-order chi connectivity index (χ0) is 16.0. The van der Waals surface area contributed by atoms with Crippen molar-refractivity contribution in [1.82, 2.24) is 0 Å². The topological polar surface area (TPSA) is 3.88 Å². The van der Waals surface area contributed by atoms with Crippen molar-refractivity contribution in [1.29, 1.82) is 0 Å². The van der Waals surface area contributed by atoms with Crippen LogP contribution in [0.3, 0.4) is 0 Å². The molecule has 0 amide bonds. The summed E-state index contributed by atoms with van der Waals surface area (Å²) in [4.78, 5) is 0. The van der Waals surface area contributed by atoms with Crippen LogP contribution >= 0.6 is 0 Å². The van der Waals surface area contributed by atoms with Crippen molar-refractivity contribution in [3.63, 3.8) is 0 Å².